The summed E-state index contributed by atoms with van der Waals surface area (Å²) in [5.74, 6) is -2.51. The second-order valence-corrected chi connectivity index (χ2v) is 18.4. The Balaban J connectivity index is 1.21. The van der Waals surface area contributed by atoms with E-state index < -0.39 is 115 Å². The van der Waals surface area contributed by atoms with E-state index in [-0.39, 0.29) is 32.4 Å². The van der Waals surface area contributed by atoms with Gasteiger partial charge in [-0.1, -0.05) is 75.9 Å². The molecule has 0 unspecified atom stereocenters. The van der Waals surface area contributed by atoms with Crippen LogP contribution in [0.15, 0.2) is 30.3 Å². The first kappa shape index (κ1) is 48.4. The predicted molar refractivity (Wildman–Crippen MR) is 221 cm³/mol. The highest BCUT2D eigenvalue weighted by atomic mass is 16.8. The van der Waals surface area contributed by atoms with Crippen molar-refractivity contribution in [2.75, 3.05) is 19.8 Å². The van der Waals surface area contributed by atoms with Gasteiger partial charge in [0.2, 0.25) is 5.91 Å². The molecule has 0 spiro atoms. The largest absolute Gasteiger partial charge is 0.460 e. The summed E-state index contributed by atoms with van der Waals surface area (Å²) in [6.07, 6.45) is 0.748. The molecule has 1 aliphatic carbocycles. The maximum Gasteiger partial charge on any atom is 0.327 e. The number of nitrogens with one attached hydrogen (secondary N) is 1. The molecule has 0 radical (unpaired) electrons. The molecule has 4 heterocycles. The van der Waals surface area contributed by atoms with Crippen LogP contribution in [0.25, 0.3) is 6.08 Å². The highest BCUT2D eigenvalue weighted by Gasteiger charge is 2.76. The molecule has 6 N–H and O–H groups in total. The van der Waals surface area contributed by atoms with Crippen LogP contribution in [-0.2, 0) is 54.2 Å². The molecule has 0 aromatic heterocycles. The van der Waals surface area contributed by atoms with Crippen molar-refractivity contribution >= 4 is 23.9 Å². The SMILES string of the molecule is CCCCCC1(CCCCC)O[C@@H]2[C@H](O1)[C@H]1ON(Cc3ccc(C=CCO[C@H]4O[C@H](CO)[C@H](O)[C@H](O)[C@H]4O)cc3)[C@H]3C(=O)O[C@@H]2C[C@@]13C(=O)N[C@H](CO)CCC(=O)OC(C)(C)C. The molecule has 4 saturated heterocycles. The zero-order chi connectivity index (χ0) is 44.8. The van der Waals surface area contributed by atoms with Crippen LogP contribution in [-0.4, -0.2) is 147 Å². The molecule has 5 aliphatic rings. The van der Waals surface area contributed by atoms with Gasteiger partial charge in [0.1, 0.15) is 59.8 Å². The molecule has 1 aromatic carbocycles. The molecule has 1 amide bonds. The standard InChI is InChI=1S/C45H68N2O15/c1-6-8-10-20-44(21-11-9-7-2)60-36-30-23-45(42(55)46-29(25-48)18-19-32(50)59-43(3,4)5)38(40(54)57-30)47(62-39(45)37(36)61-44)24-28-16-14-27(15-17-28)13-12-22-56-41-35(53)34(52)33(51)31(26-49)58-41/h12-17,29-31,33-39,41,48-49,51-53H,6-11,18-26H2,1-5H3,(H,46,55)/t29-,30+,31+,33-,34-,35+,36-,37-,38-,39+,41-,45-/m0/s1. The summed E-state index contributed by atoms with van der Waals surface area (Å²) in [7, 11) is 0. The number of carbonyl (C=O) groups is 3. The van der Waals surface area contributed by atoms with Gasteiger partial charge in [-0.15, -0.1) is 0 Å². The van der Waals surface area contributed by atoms with Crippen molar-refractivity contribution < 1.29 is 73.2 Å². The number of aliphatic hydroxyl groups is 5. The molecule has 1 saturated carbocycles. The number of hydroxylamine groups is 2. The molecule has 1 aromatic rings. The maximum atomic E-state index is 14.9. The predicted octanol–water partition coefficient (Wildman–Crippen LogP) is 2.56. The van der Waals surface area contributed by atoms with Crippen LogP contribution in [0.4, 0.5) is 0 Å². The van der Waals surface area contributed by atoms with Crippen LogP contribution < -0.4 is 5.32 Å². The van der Waals surface area contributed by atoms with Crippen LogP contribution in [0.5, 0.6) is 0 Å². The number of fused-ring (bicyclic) bond motifs is 4. The van der Waals surface area contributed by atoms with Crippen molar-refractivity contribution in [1.82, 2.24) is 10.4 Å². The van der Waals surface area contributed by atoms with Gasteiger partial charge in [-0.3, -0.25) is 19.2 Å². The Morgan fingerprint density at radius 1 is 0.968 bits per heavy atom. The van der Waals surface area contributed by atoms with Crippen molar-refractivity contribution in [3.8, 4) is 0 Å². The number of amides is 1. The average molecular weight is 877 g/mol. The van der Waals surface area contributed by atoms with E-state index in [0.29, 0.717) is 12.8 Å². The van der Waals surface area contributed by atoms with Gasteiger partial charge in [-0.05, 0) is 51.2 Å². The van der Waals surface area contributed by atoms with E-state index in [2.05, 4.69) is 19.2 Å². The molecule has 12 atom stereocenters. The number of unbranched alkanes of at least 4 members (excludes halogenated alkanes) is 4. The smallest absolute Gasteiger partial charge is 0.327 e. The topological polar surface area (TPSA) is 232 Å². The first-order valence-electron chi connectivity index (χ1n) is 22.4. The Labute approximate surface area is 363 Å². The molecular formula is C45H68N2O15. The summed E-state index contributed by atoms with van der Waals surface area (Å²) in [6.45, 7) is 8.67. The Bertz CT molecular complexity index is 1680. The third kappa shape index (κ3) is 10.7. The number of nitrogens with zero attached hydrogens (tertiary/aromatic N) is 1. The highest BCUT2D eigenvalue weighted by molar-refractivity contribution is 5.93. The molecule has 5 fully saturated rings. The Hall–Kier alpha value is -3.07. The summed E-state index contributed by atoms with van der Waals surface area (Å²) in [5, 5.41) is 54.6. The zero-order valence-corrected chi connectivity index (χ0v) is 36.7. The van der Waals surface area contributed by atoms with Crippen LogP contribution in [0, 0.1) is 5.41 Å². The van der Waals surface area contributed by atoms with Gasteiger partial charge in [0.25, 0.3) is 0 Å². The van der Waals surface area contributed by atoms with E-state index in [9.17, 15) is 39.9 Å². The number of esters is 2. The lowest BCUT2D eigenvalue weighted by molar-refractivity contribution is -0.298. The lowest BCUT2D eigenvalue weighted by Gasteiger charge is -2.49. The second kappa shape index (κ2) is 20.8. The normalized spacial score (nSPS) is 33.3. The highest BCUT2D eigenvalue weighted by Crippen LogP contribution is 2.58. The molecule has 2 bridgehead atoms. The average Bonchev–Trinajstić information content (AvgIpc) is 3.79. The molecule has 17 nitrogen and oxygen atoms in total. The van der Waals surface area contributed by atoms with Crippen LogP contribution in [0.2, 0.25) is 0 Å². The summed E-state index contributed by atoms with van der Waals surface area (Å²) >= 11 is 0. The molecule has 348 valence electrons. The molecule has 6 rings (SSSR count). The zero-order valence-electron chi connectivity index (χ0n) is 36.7. The fourth-order valence-electron chi connectivity index (χ4n) is 9.36. The van der Waals surface area contributed by atoms with Crippen molar-refractivity contribution in [3.63, 3.8) is 0 Å². The van der Waals surface area contributed by atoms with Gasteiger partial charge in [0, 0.05) is 25.7 Å². The van der Waals surface area contributed by atoms with E-state index in [1.807, 2.05) is 24.3 Å². The van der Waals surface area contributed by atoms with Crippen LogP contribution >= 0.6 is 0 Å². The maximum absolute atomic E-state index is 14.9. The van der Waals surface area contributed by atoms with Gasteiger partial charge in [-0.25, -0.2) is 0 Å². The molecule has 4 aliphatic heterocycles. The first-order valence-corrected chi connectivity index (χ1v) is 22.4. The minimum atomic E-state index is -1.54. The number of hydrogen-bond donors (Lipinski definition) is 6. The van der Waals surface area contributed by atoms with Crippen molar-refractivity contribution in [3.05, 3.63) is 41.5 Å². The number of benzene rings is 1. The Morgan fingerprint density at radius 2 is 1.65 bits per heavy atom. The number of carbonyl (C=O) groups excluding carboxylic acids is 3. The molecular weight excluding hydrogens is 808 g/mol. The molecule has 62 heavy (non-hydrogen) atoms. The lowest BCUT2D eigenvalue weighted by atomic mass is 9.62. The number of rotatable bonds is 21. The monoisotopic (exact) mass is 876 g/mol. The van der Waals surface area contributed by atoms with Crippen molar-refractivity contribution in [2.24, 2.45) is 5.41 Å². The Morgan fingerprint density at radius 3 is 2.27 bits per heavy atom. The minimum Gasteiger partial charge on any atom is -0.460 e. The van der Waals surface area contributed by atoms with Crippen LogP contribution in [0.1, 0.15) is 116 Å². The van der Waals surface area contributed by atoms with Gasteiger partial charge >= 0.3 is 11.9 Å². The van der Waals surface area contributed by atoms with E-state index in [1.54, 1.807) is 32.9 Å². The summed E-state index contributed by atoms with van der Waals surface area (Å²) in [6, 6.07) is 5.45. The Kier molecular flexibility index (Phi) is 16.3. The first-order chi connectivity index (χ1) is 29.6. The quantitative estimate of drug-likeness (QED) is 0.0770. The van der Waals surface area contributed by atoms with Crippen LogP contribution in [0.3, 0.4) is 0 Å². The summed E-state index contributed by atoms with van der Waals surface area (Å²) in [5.41, 5.74) is -0.609. The lowest BCUT2D eigenvalue weighted by Crippen LogP contribution is -2.70. The van der Waals surface area contributed by atoms with E-state index in [1.165, 1.54) is 5.06 Å². The number of aliphatic hydroxyl groups excluding tert-OH is 5. The summed E-state index contributed by atoms with van der Waals surface area (Å²) in [4.78, 5) is 48.5. The molecule has 17 heteroatoms. The van der Waals surface area contributed by atoms with E-state index in [4.69, 9.17) is 33.3 Å². The number of ether oxygens (including phenoxy) is 6. The third-order valence-corrected chi connectivity index (χ3v) is 12.5. The van der Waals surface area contributed by atoms with Gasteiger partial charge in [-0.2, -0.15) is 5.06 Å². The van der Waals surface area contributed by atoms with Gasteiger partial charge in [0.05, 0.1) is 32.4 Å². The minimum absolute atomic E-state index is 0.00698. The van der Waals surface area contributed by atoms with Gasteiger partial charge in [0.15, 0.2) is 18.1 Å². The van der Waals surface area contributed by atoms with Gasteiger partial charge < -0.3 is 59.3 Å². The van der Waals surface area contributed by atoms with Crippen molar-refractivity contribution in [2.45, 2.75) is 190 Å². The van der Waals surface area contributed by atoms with E-state index >= 15 is 0 Å². The van der Waals surface area contributed by atoms with E-state index in [0.717, 1.165) is 49.7 Å². The summed E-state index contributed by atoms with van der Waals surface area (Å²) < 4.78 is 36.4. The fourth-order valence-corrected chi connectivity index (χ4v) is 9.36. The third-order valence-electron chi connectivity index (χ3n) is 12.5. The fraction of sp³-hybridized carbons (Fsp3) is 0.756. The second-order valence-electron chi connectivity index (χ2n) is 18.4. The van der Waals surface area contributed by atoms with Crippen molar-refractivity contribution in [1.29, 1.82) is 0 Å². The number of hydrogen-bond acceptors (Lipinski definition) is 16.